The van der Waals surface area contributed by atoms with Crippen LogP contribution >= 0.6 is 7.60 Å². The number of sulfone groups is 1. The van der Waals surface area contributed by atoms with E-state index in [2.05, 4.69) is 0 Å². The van der Waals surface area contributed by atoms with Crippen molar-refractivity contribution in [1.29, 1.82) is 0 Å². The highest BCUT2D eigenvalue weighted by Gasteiger charge is 2.18. The van der Waals surface area contributed by atoms with Crippen LogP contribution in [0.1, 0.15) is 5.56 Å². The second-order valence-electron chi connectivity index (χ2n) is 4.28. The first-order chi connectivity index (χ1) is 9.29. The minimum atomic E-state index is -4.15. The van der Waals surface area contributed by atoms with E-state index in [-0.39, 0.29) is 9.79 Å². The molecule has 0 heterocycles. The molecule has 2 N–H and O–H groups in total. The maximum atomic E-state index is 12.3. The Morgan fingerprint density at radius 3 is 1.85 bits per heavy atom. The van der Waals surface area contributed by atoms with E-state index in [0.29, 0.717) is 5.56 Å². The molecular formula is C13H13O5PS. The maximum absolute atomic E-state index is 12.3. The highest BCUT2D eigenvalue weighted by atomic mass is 32.2. The Labute approximate surface area is 117 Å². The van der Waals surface area contributed by atoms with Gasteiger partial charge >= 0.3 is 7.60 Å². The average Bonchev–Trinajstić information content (AvgIpc) is 2.38. The van der Waals surface area contributed by atoms with Gasteiger partial charge in [0.25, 0.3) is 0 Å². The van der Waals surface area contributed by atoms with E-state index in [4.69, 9.17) is 9.79 Å². The minimum Gasteiger partial charge on any atom is -0.324 e. The molecule has 0 unspecified atom stereocenters. The number of benzene rings is 2. The fraction of sp³-hybridized carbons (Fsp3) is 0.0769. The van der Waals surface area contributed by atoms with Crippen LogP contribution in [0.25, 0.3) is 0 Å². The summed E-state index contributed by atoms with van der Waals surface area (Å²) in [6.45, 7) is 0. The van der Waals surface area contributed by atoms with Crippen LogP contribution in [-0.4, -0.2) is 18.2 Å². The van der Waals surface area contributed by atoms with Crippen LogP contribution in [0.15, 0.2) is 64.4 Å². The van der Waals surface area contributed by atoms with E-state index in [9.17, 15) is 13.0 Å². The number of rotatable bonds is 4. The van der Waals surface area contributed by atoms with Gasteiger partial charge in [-0.05, 0) is 29.8 Å². The van der Waals surface area contributed by atoms with Crippen molar-refractivity contribution in [3.8, 4) is 0 Å². The zero-order valence-electron chi connectivity index (χ0n) is 10.4. The zero-order valence-corrected chi connectivity index (χ0v) is 12.1. The van der Waals surface area contributed by atoms with Crippen molar-refractivity contribution >= 4 is 17.4 Å². The van der Waals surface area contributed by atoms with E-state index in [1.165, 1.54) is 36.4 Å². The van der Waals surface area contributed by atoms with Crippen molar-refractivity contribution in [3.05, 3.63) is 60.2 Å². The molecule has 20 heavy (non-hydrogen) atoms. The first kappa shape index (κ1) is 14.9. The molecule has 0 radical (unpaired) electrons. The van der Waals surface area contributed by atoms with Gasteiger partial charge in [-0.3, -0.25) is 4.57 Å². The molecular weight excluding hydrogens is 299 g/mol. The summed E-state index contributed by atoms with van der Waals surface area (Å²) in [6, 6.07) is 13.5. The lowest BCUT2D eigenvalue weighted by molar-refractivity contribution is 0.371. The van der Waals surface area contributed by atoms with Gasteiger partial charge < -0.3 is 9.79 Å². The minimum absolute atomic E-state index is 0.0955. The highest BCUT2D eigenvalue weighted by molar-refractivity contribution is 7.91. The second-order valence-corrected chi connectivity index (χ2v) is 7.88. The lowest BCUT2D eigenvalue weighted by Crippen LogP contribution is -2.01. The van der Waals surface area contributed by atoms with E-state index >= 15 is 0 Å². The predicted molar refractivity (Wildman–Crippen MR) is 74.1 cm³/mol. The van der Waals surface area contributed by atoms with Gasteiger partial charge in [-0.1, -0.05) is 30.3 Å². The molecule has 7 heteroatoms. The van der Waals surface area contributed by atoms with Crippen LogP contribution < -0.4 is 0 Å². The summed E-state index contributed by atoms with van der Waals surface area (Å²) in [7, 11) is -7.74. The van der Waals surface area contributed by atoms with Crippen molar-refractivity contribution < 1.29 is 22.8 Å². The van der Waals surface area contributed by atoms with Gasteiger partial charge in [0.2, 0.25) is 9.84 Å². The van der Waals surface area contributed by atoms with Gasteiger partial charge in [0, 0.05) is 0 Å². The molecule has 0 spiro atoms. The Bertz CT molecular complexity index is 732. The van der Waals surface area contributed by atoms with Gasteiger partial charge in [0.1, 0.15) is 0 Å². The van der Waals surface area contributed by atoms with Crippen LogP contribution in [0.3, 0.4) is 0 Å². The van der Waals surface area contributed by atoms with E-state index in [0.717, 1.165) is 0 Å². The Hall–Kier alpha value is -1.46. The zero-order chi connectivity index (χ0) is 14.8. The number of hydrogen-bond donors (Lipinski definition) is 2. The molecule has 0 atom stereocenters. The average molecular weight is 312 g/mol. The first-order valence-corrected chi connectivity index (χ1v) is 9.01. The molecule has 0 aliphatic carbocycles. The van der Waals surface area contributed by atoms with E-state index in [1.807, 2.05) is 0 Å². The van der Waals surface area contributed by atoms with Gasteiger partial charge in [-0.2, -0.15) is 0 Å². The second kappa shape index (κ2) is 5.50. The summed E-state index contributed by atoms with van der Waals surface area (Å²) in [5.41, 5.74) is 0.394. The van der Waals surface area contributed by atoms with Gasteiger partial charge in [0.05, 0.1) is 16.0 Å². The SMILES string of the molecule is O=P(O)(O)Cc1ccc(S(=O)(=O)c2ccccc2)cc1. The summed E-state index contributed by atoms with van der Waals surface area (Å²) >= 11 is 0. The molecule has 2 aromatic carbocycles. The molecule has 0 amide bonds. The summed E-state index contributed by atoms with van der Waals surface area (Å²) in [4.78, 5) is 18.0. The van der Waals surface area contributed by atoms with Gasteiger partial charge in [-0.15, -0.1) is 0 Å². The van der Waals surface area contributed by atoms with Crippen molar-refractivity contribution in [1.82, 2.24) is 0 Å². The first-order valence-electron chi connectivity index (χ1n) is 5.73. The molecule has 0 aliphatic rings. The lowest BCUT2D eigenvalue weighted by Gasteiger charge is -2.07. The molecule has 0 aromatic heterocycles. The van der Waals surface area contributed by atoms with Crippen molar-refractivity contribution in [2.24, 2.45) is 0 Å². The van der Waals surface area contributed by atoms with Gasteiger partial charge in [0.15, 0.2) is 0 Å². The third kappa shape index (κ3) is 3.55. The van der Waals surface area contributed by atoms with Crippen LogP contribution in [0.2, 0.25) is 0 Å². The van der Waals surface area contributed by atoms with Gasteiger partial charge in [-0.25, -0.2) is 8.42 Å². The third-order valence-electron chi connectivity index (χ3n) is 2.68. The topological polar surface area (TPSA) is 91.7 Å². The summed E-state index contributed by atoms with van der Waals surface area (Å²) in [5, 5.41) is 0. The molecule has 0 fully saturated rings. The monoisotopic (exact) mass is 312 g/mol. The maximum Gasteiger partial charge on any atom is 0.329 e. The predicted octanol–water partition coefficient (Wildman–Crippen LogP) is 2.20. The smallest absolute Gasteiger partial charge is 0.324 e. The Balaban J connectivity index is 2.33. The van der Waals surface area contributed by atoms with Crippen molar-refractivity contribution in [3.63, 3.8) is 0 Å². The van der Waals surface area contributed by atoms with Crippen LogP contribution in [0.4, 0.5) is 0 Å². The summed E-state index contributed by atoms with van der Waals surface area (Å²) in [5.74, 6) is 0. The van der Waals surface area contributed by atoms with Crippen molar-refractivity contribution in [2.75, 3.05) is 0 Å². The van der Waals surface area contributed by atoms with E-state index in [1.54, 1.807) is 18.2 Å². The Kier molecular flexibility index (Phi) is 4.11. The summed E-state index contributed by atoms with van der Waals surface area (Å²) < 4.78 is 35.4. The van der Waals surface area contributed by atoms with Crippen LogP contribution in [-0.2, 0) is 20.6 Å². The summed E-state index contributed by atoms with van der Waals surface area (Å²) in [6.07, 6.45) is -0.404. The molecule has 0 aliphatic heterocycles. The highest BCUT2D eigenvalue weighted by Crippen LogP contribution is 2.39. The molecule has 2 rings (SSSR count). The Morgan fingerprint density at radius 2 is 1.35 bits per heavy atom. The molecule has 0 saturated heterocycles. The molecule has 0 saturated carbocycles. The fourth-order valence-corrected chi connectivity index (χ4v) is 3.72. The van der Waals surface area contributed by atoms with Crippen LogP contribution in [0.5, 0.6) is 0 Å². The standard InChI is InChI=1S/C13H13O5PS/c14-19(15,16)10-11-6-8-13(9-7-11)20(17,18)12-4-2-1-3-5-12/h1-9H,10H2,(H2,14,15,16). The third-order valence-corrected chi connectivity index (χ3v) is 5.24. The van der Waals surface area contributed by atoms with Crippen LogP contribution in [0, 0.1) is 0 Å². The molecule has 106 valence electrons. The molecule has 5 nitrogen and oxygen atoms in total. The molecule has 2 aromatic rings. The largest absolute Gasteiger partial charge is 0.329 e. The quantitative estimate of drug-likeness (QED) is 0.844. The Morgan fingerprint density at radius 1 is 0.850 bits per heavy atom. The van der Waals surface area contributed by atoms with Crippen molar-refractivity contribution in [2.45, 2.75) is 16.0 Å². The fourth-order valence-electron chi connectivity index (χ4n) is 1.75. The normalized spacial score (nSPS) is 12.3. The van der Waals surface area contributed by atoms with E-state index < -0.39 is 23.6 Å². The lowest BCUT2D eigenvalue weighted by atomic mass is 10.2. The molecule has 0 bridgehead atoms. The number of hydrogen-bond acceptors (Lipinski definition) is 3.